The van der Waals surface area contributed by atoms with E-state index in [1.54, 1.807) is 12.1 Å². The second-order valence-electron chi connectivity index (χ2n) is 5.28. The van der Waals surface area contributed by atoms with E-state index in [0.29, 0.717) is 10.9 Å². The molecule has 0 aliphatic carbocycles. The second-order valence-corrected chi connectivity index (χ2v) is 5.72. The molecule has 1 aromatic rings. The van der Waals surface area contributed by atoms with E-state index in [2.05, 4.69) is 24.5 Å². The number of nitrogens with two attached hydrogens (primary N) is 1. The molecule has 1 atom stereocenters. The molecular formula is C15H23Cl2N3O2. The fourth-order valence-corrected chi connectivity index (χ4v) is 2.07. The van der Waals surface area contributed by atoms with Crippen LogP contribution in [0.25, 0.3) is 0 Å². The molecule has 124 valence electrons. The van der Waals surface area contributed by atoms with Crippen molar-refractivity contribution >= 4 is 35.8 Å². The summed E-state index contributed by atoms with van der Waals surface area (Å²) in [5.74, 6) is -0.168. The third-order valence-corrected chi connectivity index (χ3v) is 3.20. The zero-order valence-electron chi connectivity index (χ0n) is 12.8. The van der Waals surface area contributed by atoms with Crippen molar-refractivity contribution in [3.8, 4) is 0 Å². The number of amides is 2. The first-order valence-electron chi connectivity index (χ1n) is 6.94. The van der Waals surface area contributed by atoms with Crippen molar-refractivity contribution in [3.05, 3.63) is 34.9 Å². The summed E-state index contributed by atoms with van der Waals surface area (Å²) >= 11 is 5.88. The lowest BCUT2D eigenvalue weighted by Gasteiger charge is -2.21. The number of hydrogen-bond acceptors (Lipinski definition) is 3. The highest BCUT2D eigenvalue weighted by molar-refractivity contribution is 6.30. The minimum atomic E-state index is -0.350. The highest BCUT2D eigenvalue weighted by atomic mass is 35.5. The summed E-state index contributed by atoms with van der Waals surface area (Å²) in [5, 5.41) is 6.04. The smallest absolute Gasteiger partial charge is 0.239 e. The summed E-state index contributed by atoms with van der Waals surface area (Å²) in [7, 11) is 0. The molecule has 7 heteroatoms. The fourth-order valence-electron chi connectivity index (χ4n) is 1.94. The van der Waals surface area contributed by atoms with Gasteiger partial charge in [-0.05, 0) is 30.0 Å². The van der Waals surface area contributed by atoms with E-state index in [1.807, 2.05) is 12.1 Å². The summed E-state index contributed by atoms with van der Waals surface area (Å²) in [4.78, 5) is 23.0. The van der Waals surface area contributed by atoms with Gasteiger partial charge in [0.25, 0.3) is 0 Å². The maximum atomic E-state index is 11.9. The monoisotopic (exact) mass is 347 g/mol. The van der Waals surface area contributed by atoms with Crippen molar-refractivity contribution in [2.45, 2.75) is 26.3 Å². The minimum Gasteiger partial charge on any atom is -0.348 e. The van der Waals surface area contributed by atoms with Gasteiger partial charge in [-0.2, -0.15) is 0 Å². The average Bonchev–Trinajstić information content (AvgIpc) is 2.44. The quantitative estimate of drug-likeness (QED) is 0.705. The van der Waals surface area contributed by atoms with Crippen LogP contribution in [0, 0.1) is 5.92 Å². The van der Waals surface area contributed by atoms with Gasteiger partial charge in [0.2, 0.25) is 11.8 Å². The van der Waals surface area contributed by atoms with E-state index in [1.165, 1.54) is 0 Å². The number of halogens is 2. The Hall–Kier alpha value is -1.30. The lowest BCUT2D eigenvalue weighted by molar-refractivity contribution is -0.125. The molecule has 1 aromatic carbocycles. The highest BCUT2D eigenvalue weighted by Crippen LogP contribution is 2.22. The third-order valence-electron chi connectivity index (χ3n) is 2.95. The van der Waals surface area contributed by atoms with Gasteiger partial charge < -0.3 is 16.4 Å². The molecule has 0 saturated heterocycles. The SMILES string of the molecule is CC(C)CC(NC(=O)CNC(=O)CN)c1ccc(Cl)cc1.Cl. The van der Waals surface area contributed by atoms with Crippen molar-refractivity contribution in [1.29, 1.82) is 0 Å². The Balaban J connectivity index is 0.00000441. The molecule has 5 nitrogen and oxygen atoms in total. The normalized spacial score (nSPS) is 11.5. The lowest BCUT2D eigenvalue weighted by atomic mass is 9.97. The van der Waals surface area contributed by atoms with E-state index in [-0.39, 0.29) is 43.4 Å². The van der Waals surface area contributed by atoms with Crippen LogP contribution in [0.4, 0.5) is 0 Å². The summed E-state index contributed by atoms with van der Waals surface area (Å²) in [6, 6.07) is 7.28. The Bertz CT molecular complexity index is 478. The van der Waals surface area contributed by atoms with Crippen LogP contribution < -0.4 is 16.4 Å². The maximum Gasteiger partial charge on any atom is 0.239 e. The predicted octanol–water partition coefficient (Wildman–Crippen LogP) is 2.04. The first-order chi connectivity index (χ1) is 9.92. The Kier molecular flexibility index (Phi) is 9.81. The summed E-state index contributed by atoms with van der Waals surface area (Å²) in [6.45, 7) is 3.98. The van der Waals surface area contributed by atoms with E-state index in [0.717, 1.165) is 12.0 Å². The first-order valence-corrected chi connectivity index (χ1v) is 7.31. The summed E-state index contributed by atoms with van der Waals surface area (Å²) in [6.07, 6.45) is 0.804. The third kappa shape index (κ3) is 7.64. The molecule has 0 saturated carbocycles. The minimum absolute atomic E-state index is 0. The molecule has 2 amide bonds. The average molecular weight is 348 g/mol. The van der Waals surface area contributed by atoms with Crippen molar-refractivity contribution in [1.82, 2.24) is 10.6 Å². The molecule has 22 heavy (non-hydrogen) atoms. The molecule has 0 spiro atoms. The molecule has 0 bridgehead atoms. The van der Waals surface area contributed by atoms with E-state index >= 15 is 0 Å². The molecule has 0 fully saturated rings. The van der Waals surface area contributed by atoms with Crippen LogP contribution in [0.15, 0.2) is 24.3 Å². The largest absolute Gasteiger partial charge is 0.348 e. The lowest BCUT2D eigenvalue weighted by Crippen LogP contribution is -2.41. The molecule has 0 radical (unpaired) electrons. The molecule has 0 aliphatic rings. The number of nitrogens with one attached hydrogen (secondary N) is 2. The zero-order chi connectivity index (χ0) is 15.8. The molecule has 1 rings (SSSR count). The van der Waals surface area contributed by atoms with Gasteiger partial charge in [-0.15, -0.1) is 12.4 Å². The van der Waals surface area contributed by atoms with Gasteiger partial charge in [-0.3, -0.25) is 9.59 Å². The van der Waals surface area contributed by atoms with Gasteiger partial charge >= 0.3 is 0 Å². The summed E-state index contributed by atoms with van der Waals surface area (Å²) < 4.78 is 0. The highest BCUT2D eigenvalue weighted by Gasteiger charge is 2.16. The van der Waals surface area contributed by atoms with Crippen LogP contribution in [0.5, 0.6) is 0 Å². The van der Waals surface area contributed by atoms with Crippen LogP contribution >= 0.6 is 24.0 Å². The Labute approximate surface area is 142 Å². The summed E-state index contributed by atoms with van der Waals surface area (Å²) in [5.41, 5.74) is 6.17. The number of hydrogen-bond donors (Lipinski definition) is 3. The van der Waals surface area contributed by atoms with Crippen LogP contribution in [0.1, 0.15) is 31.9 Å². The van der Waals surface area contributed by atoms with Gasteiger partial charge in [-0.25, -0.2) is 0 Å². The fraction of sp³-hybridized carbons (Fsp3) is 0.467. The predicted molar refractivity (Wildman–Crippen MR) is 91.1 cm³/mol. The molecule has 4 N–H and O–H groups in total. The van der Waals surface area contributed by atoms with Gasteiger partial charge in [0.05, 0.1) is 19.1 Å². The molecular weight excluding hydrogens is 325 g/mol. The van der Waals surface area contributed by atoms with Gasteiger partial charge in [0.15, 0.2) is 0 Å². The van der Waals surface area contributed by atoms with E-state index in [4.69, 9.17) is 17.3 Å². The number of rotatable bonds is 7. The second kappa shape index (κ2) is 10.4. The standard InChI is InChI=1S/C15H22ClN3O2.ClH/c1-10(2)7-13(11-3-5-12(16)6-4-11)19-15(21)9-18-14(20)8-17;/h3-6,10,13H,7-9,17H2,1-2H3,(H,18,20)(H,19,21);1H. The van der Waals surface area contributed by atoms with Crippen molar-refractivity contribution < 1.29 is 9.59 Å². The van der Waals surface area contributed by atoms with Crippen LogP contribution in [0.2, 0.25) is 5.02 Å². The van der Waals surface area contributed by atoms with E-state index in [9.17, 15) is 9.59 Å². The van der Waals surface area contributed by atoms with Gasteiger partial charge in [-0.1, -0.05) is 37.6 Å². The van der Waals surface area contributed by atoms with Crippen molar-refractivity contribution in [2.75, 3.05) is 13.1 Å². The topological polar surface area (TPSA) is 84.2 Å². The van der Waals surface area contributed by atoms with Crippen LogP contribution in [-0.4, -0.2) is 24.9 Å². The molecule has 0 aromatic heterocycles. The van der Waals surface area contributed by atoms with E-state index < -0.39 is 0 Å². The Morgan fingerprint density at radius 2 is 1.77 bits per heavy atom. The first kappa shape index (κ1) is 20.7. The zero-order valence-corrected chi connectivity index (χ0v) is 14.3. The van der Waals surface area contributed by atoms with Crippen molar-refractivity contribution in [3.63, 3.8) is 0 Å². The molecule has 0 aliphatic heterocycles. The molecule has 0 heterocycles. The molecule has 1 unspecified atom stereocenters. The van der Waals surface area contributed by atoms with Gasteiger partial charge in [0, 0.05) is 5.02 Å². The Morgan fingerprint density at radius 3 is 2.27 bits per heavy atom. The van der Waals surface area contributed by atoms with Crippen molar-refractivity contribution in [2.24, 2.45) is 11.7 Å². The number of benzene rings is 1. The Morgan fingerprint density at radius 1 is 1.18 bits per heavy atom. The number of carbonyl (C=O) groups is 2. The maximum absolute atomic E-state index is 11.9. The van der Waals surface area contributed by atoms with Crippen LogP contribution in [-0.2, 0) is 9.59 Å². The van der Waals surface area contributed by atoms with Gasteiger partial charge in [0.1, 0.15) is 0 Å². The number of carbonyl (C=O) groups excluding carboxylic acids is 2. The van der Waals surface area contributed by atoms with Crippen LogP contribution in [0.3, 0.4) is 0 Å².